The zero-order valence-electron chi connectivity index (χ0n) is 12.9. The Morgan fingerprint density at radius 1 is 1.16 bits per heavy atom. The lowest BCUT2D eigenvalue weighted by molar-refractivity contribution is 0.111. The number of hydrogen-bond acceptors (Lipinski definition) is 3. The van der Waals surface area contributed by atoms with Gasteiger partial charge in [0.15, 0.2) is 16.1 Å². The van der Waals surface area contributed by atoms with Crippen molar-refractivity contribution >= 4 is 38.6 Å². The lowest BCUT2D eigenvalue weighted by Crippen LogP contribution is -2.13. The van der Waals surface area contributed by atoms with Crippen LogP contribution < -0.4 is 0 Å². The number of hydrogen-bond donors (Lipinski definition) is 1. The molecule has 0 aliphatic rings. The molecule has 1 unspecified atom stereocenters. The van der Waals surface area contributed by atoms with Crippen LogP contribution in [0.3, 0.4) is 0 Å². The summed E-state index contributed by atoms with van der Waals surface area (Å²) in [5.41, 5.74) is 0.227. The number of sulfone groups is 1. The summed E-state index contributed by atoms with van der Waals surface area (Å²) < 4.78 is 40.4. The molecule has 1 aromatic heterocycles. The maximum Gasteiger partial charge on any atom is 0.191 e. The molecule has 0 spiro atoms. The lowest BCUT2D eigenvalue weighted by Gasteiger charge is -2.14. The Kier molecular flexibility index (Phi) is 4.49. The van der Waals surface area contributed by atoms with Gasteiger partial charge in [0.05, 0.1) is 11.2 Å². The average molecular weight is 378 g/mol. The Bertz CT molecular complexity index is 1070. The van der Waals surface area contributed by atoms with Gasteiger partial charge in [-0.15, -0.1) is 6.58 Å². The molecular formula is C18H13ClFNO3S. The van der Waals surface area contributed by atoms with Crippen LogP contribution in [0, 0.1) is 5.82 Å². The summed E-state index contributed by atoms with van der Waals surface area (Å²) in [5, 5.41) is -0.514. The summed E-state index contributed by atoms with van der Waals surface area (Å²) in [4.78, 5) is 13.7. The van der Waals surface area contributed by atoms with Gasteiger partial charge in [-0.3, -0.25) is 4.79 Å². The van der Waals surface area contributed by atoms with Crippen LogP contribution in [0.4, 0.5) is 4.39 Å². The van der Waals surface area contributed by atoms with Crippen molar-refractivity contribution in [3.63, 3.8) is 0 Å². The highest BCUT2D eigenvalue weighted by molar-refractivity contribution is 7.92. The molecule has 1 heterocycles. The third kappa shape index (κ3) is 2.88. The zero-order valence-corrected chi connectivity index (χ0v) is 14.4. The first-order valence-corrected chi connectivity index (χ1v) is 9.20. The summed E-state index contributed by atoms with van der Waals surface area (Å²) in [7, 11) is -4.05. The molecule has 3 aromatic rings. The van der Waals surface area contributed by atoms with Crippen molar-refractivity contribution in [1.82, 2.24) is 4.98 Å². The zero-order chi connectivity index (χ0) is 18.2. The van der Waals surface area contributed by atoms with Crippen molar-refractivity contribution < 1.29 is 17.6 Å². The fourth-order valence-electron chi connectivity index (χ4n) is 2.79. The van der Waals surface area contributed by atoms with Gasteiger partial charge in [0.25, 0.3) is 0 Å². The molecule has 0 aliphatic heterocycles. The first-order valence-electron chi connectivity index (χ1n) is 7.27. The van der Waals surface area contributed by atoms with E-state index in [1.54, 1.807) is 24.3 Å². The first-order chi connectivity index (χ1) is 11.9. The lowest BCUT2D eigenvalue weighted by atomic mass is 10.1. The van der Waals surface area contributed by atoms with E-state index in [9.17, 15) is 17.6 Å². The molecule has 4 nitrogen and oxygen atoms in total. The van der Waals surface area contributed by atoms with Gasteiger partial charge in [-0.1, -0.05) is 41.9 Å². The third-order valence-electron chi connectivity index (χ3n) is 3.91. The minimum atomic E-state index is -4.05. The van der Waals surface area contributed by atoms with Gasteiger partial charge in [-0.2, -0.15) is 0 Å². The van der Waals surface area contributed by atoms with Crippen LogP contribution in [-0.4, -0.2) is 19.7 Å². The minimum Gasteiger partial charge on any atom is -0.349 e. The number of fused-ring (bicyclic) bond motifs is 1. The molecule has 3 rings (SSSR count). The summed E-state index contributed by atoms with van der Waals surface area (Å²) in [6.45, 7) is 3.60. The number of aldehydes is 1. The second-order valence-electron chi connectivity index (χ2n) is 5.40. The summed E-state index contributed by atoms with van der Waals surface area (Å²) >= 11 is 5.85. The predicted molar refractivity (Wildman–Crippen MR) is 95.2 cm³/mol. The van der Waals surface area contributed by atoms with Crippen molar-refractivity contribution in [1.29, 1.82) is 0 Å². The van der Waals surface area contributed by atoms with Crippen LogP contribution in [-0.2, 0) is 9.84 Å². The Morgan fingerprint density at radius 3 is 2.44 bits per heavy atom. The Labute approximate surface area is 148 Å². The van der Waals surface area contributed by atoms with Crippen molar-refractivity contribution in [2.45, 2.75) is 10.1 Å². The number of aromatic amines is 1. The maximum absolute atomic E-state index is 14.0. The summed E-state index contributed by atoms with van der Waals surface area (Å²) in [6, 6.07) is 10.3. The minimum absolute atomic E-state index is 0.0258. The molecule has 2 aromatic carbocycles. The van der Waals surface area contributed by atoms with Crippen molar-refractivity contribution in [2.75, 3.05) is 0 Å². The van der Waals surface area contributed by atoms with Gasteiger partial charge in [0, 0.05) is 10.4 Å². The molecule has 128 valence electrons. The number of nitrogens with one attached hydrogen (secondary N) is 1. The second-order valence-corrected chi connectivity index (χ2v) is 7.84. The van der Waals surface area contributed by atoms with E-state index in [1.165, 1.54) is 24.3 Å². The molecule has 0 fully saturated rings. The molecule has 0 radical (unpaired) electrons. The van der Waals surface area contributed by atoms with E-state index in [0.717, 1.165) is 0 Å². The van der Waals surface area contributed by atoms with E-state index in [-0.39, 0.29) is 21.5 Å². The number of carbonyl (C=O) groups excluding carboxylic acids is 1. The largest absolute Gasteiger partial charge is 0.349 e. The molecule has 0 bridgehead atoms. The number of halogens is 2. The number of benzene rings is 2. The molecule has 0 aliphatic carbocycles. The number of rotatable bonds is 5. The van der Waals surface area contributed by atoms with Gasteiger partial charge >= 0.3 is 0 Å². The highest BCUT2D eigenvalue weighted by Gasteiger charge is 2.32. The number of H-pyrrole nitrogens is 1. The van der Waals surface area contributed by atoms with Crippen LogP contribution in [0.1, 0.15) is 21.3 Å². The van der Waals surface area contributed by atoms with Gasteiger partial charge in [0.1, 0.15) is 16.0 Å². The smallest absolute Gasteiger partial charge is 0.191 e. The highest BCUT2D eigenvalue weighted by atomic mass is 35.5. The highest BCUT2D eigenvalue weighted by Crippen LogP contribution is 2.36. The normalized spacial score (nSPS) is 12.9. The van der Waals surface area contributed by atoms with Crippen molar-refractivity contribution in [2.24, 2.45) is 0 Å². The first kappa shape index (κ1) is 17.4. The Morgan fingerprint density at radius 2 is 1.84 bits per heavy atom. The molecule has 25 heavy (non-hydrogen) atoms. The van der Waals surface area contributed by atoms with E-state index >= 15 is 0 Å². The molecule has 7 heteroatoms. The summed E-state index contributed by atoms with van der Waals surface area (Å²) in [5.74, 6) is -0.635. The SMILES string of the molecule is C=CC(c1ccc(Cl)cc1)S(=O)(=O)c1c(C=O)[nH]c2c(F)cccc12. The van der Waals surface area contributed by atoms with Crippen molar-refractivity contribution in [3.8, 4) is 0 Å². The van der Waals surface area contributed by atoms with Gasteiger partial charge in [-0.25, -0.2) is 12.8 Å². The third-order valence-corrected chi connectivity index (χ3v) is 6.31. The van der Waals surface area contributed by atoms with E-state index in [4.69, 9.17) is 11.6 Å². The molecule has 1 atom stereocenters. The van der Waals surface area contributed by atoms with E-state index < -0.39 is 20.9 Å². The molecule has 0 saturated heterocycles. The topological polar surface area (TPSA) is 67.0 Å². The van der Waals surface area contributed by atoms with Crippen LogP contribution in [0.2, 0.25) is 5.02 Å². The fraction of sp³-hybridized carbons (Fsp3) is 0.0556. The Hall–Kier alpha value is -2.44. The molecular weight excluding hydrogens is 365 g/mol. The van der Waals surface area contributed by atoms with Crippen LogP contribution in [0.5, 0.6) is 0 Å². The van der Waals surface area contributed by atoms with Gasteiger partial charge < -0.3 is 4.98 Å². The van der Waals surface area contributed by atoms with E-state index in [2.05, 4.69) is 11.6 Å². The standard InChI is InChI=1S/C18H13ClFNO3S/c1-2-16(11-6-8-12(19)9-7-11)25(23,24)18-13-4-3-5-14(20)17(13)21-15(18)10-22/h2-10,16,21H,1H2. The van der Waals surface area contributed by atoms with Gasteiger partial charge in [0.2, 0.25) is 0 Å². The summed E-state index contributed by atoms with van der Waals surface area (Å²) in [6.07, 6.45) is 1.64. The molecule has 1 N–H and O–H groups in total. The van der Waals surface area contributed by atoms with Crippen LogP contribution in [0.15, 0.2) is 60.0 Å². The fourth-order valence-corrected chi connectivity index (χ4v) is 4.82. The van der Waals surface area contributed by atoms with Gasteiger partial charge in [-0.05, 0) is 23.8 Å². The number of para-hydroxylation sites is 1. The average Bonchev–Trinajstić information content (AvgIpc) is 2.98. The van der Waals surface area contributed by atoms with Crippen LogP contribution >= 0.6 is 11.6 Å². The predicted octanol–water partition coefficient (Wildman–Crippen LogP) is 4.47. The monoisotopic (exact) mass is 377 g/mol. The number of aromatic nitrogens is 1. The Balaban J connectivity index is 2.28. The van der Waals surface area contributed by atoms with E-state index in [1.807, 2.05) is 0 Å². The van der Waals surface area contributed by atoms with E-state index in [0.29, 0.717) is 16.9 Å². The quantitative estimate of drug-likeness (QED) is 0.526. The maximum atomic E-state index is 14.0. The second kappa shape index (κ2) is 6.46. The molecule has 0 saturated carbocycles. The van der Waals surface area contributed by atoms with Crippen molar-refractivity contribution in [3.05, 3.63) is 77.2 Å². The number of carbonyl (C=O) groups is 1. The van der Waals surface area contributed by atoms with Crippen LogP contribution in [0.25, 0.3) is 10.9 Å². The molecule has 0 amide bonds.